The zero-order chi connectivity index (χ0) is 17.8. The van der Waals surface area contributed by atoms with E-state index in [9.17, 15) is 0 Å². The number of hydrogen-bond donors (Lipinski definition) is 1. The minimum absolute atomic E-state index is 0.419. The lowest BCUT2D eigenvalue weighted by molar-refractivity contribution is 0.427. The highest BCUT2D eigenvalue weighted by molar-refractivity contribution is 9.10. The first-order valence-electron chi connectivity index (χ1n) is 8.26. The Bertz CT molecular complexity index is 845. The summed E-state index contributed by atoms with van der Waals surface area (Å²) in [5, 5.41) is 8.39. The van der Waals surface area contributed by atoms with Gasteiger partial charge in [-0.2, -0.15) is 0 Å². The van der Waals surface area contributed by atoms with Crippen LogP contribution in [0.5, 0.6) is 0 Å². The van der Waals surface area contributed by atoms with E-state index >= 15 is 0 Å². The predicted octanol–water partition coefficient (Wildman–Crippen LogP) is 6.67. The van der Waals surface area contributed by atoms with Gasteiger partial charge in [0.1, 0.15) is 11.4 Å². The fourth-order valence-electron chi connectivity index (χ4n) is 2.77. The van der Waals surface area contributed by atoms with Crippen molar-refractivity contribution < 1.29 is 4.52 Å². The molecule has 2 aromatic carbocycles. The Kier molecular flexibility index (Phi) is 5.82. The van der Waals surface area contributed by atoms with E-state index in [1.165, 1.54) is 5.56 Å². The Balaban J connectivity index is 1.67. The van der Waals surface area contributed by atoms with Gasteiger partial charge in [0, 0.05) is 21.6 Å². The van der Waals surface area contributed by atoms with Crippen molar-refractivity contribution in [2.24, 2.45) is 0 Å². The average molecular weight is 420 g/mol. The summed E-state index contributed by atoms with van der Waals surface area (Å²) in [6.45, 7) is 5.00. The van der Waals surface area contributed by atoms with Crippen LogP contribution in [0.3, 0.4) is 0 Å². The van der Waals surface area contributed by atoms with E-state index in [-0.39, 0.29) is 0 Å². The van der Waals surface area contributed by atoms with Gasteiger partial charge in [-0.05, 0) is 61.2 Å². The number of nitrogens with one attached hydrogen (secondary N) is 1. The lowest BCUT2D eigenvalue weighted by Gasteiger charge is -2.13. The second-order valence-electron chi connectivity index (χ2n) is 6.15. The molecule has 0 fully saturated rings. The number of benzene rings is 2. The van der Waals surface area contributed by atoms with E-state index in [0.717, 1.165) is 45.2 Å². The lowest BCUT2D eigenvalue weighted by atomic mass is 9.98. The predicted molar refractivity (Wildman–Crippen MR) is 107 cm³/mol. The van der Waals surface area contributed by atoms with Gasteiger partial charge in [-0.25, -0.2) is 0 Å². The summed E-state index contributed by atoms with van der Waals surface area (Å²) in [5.41, 5.74) is 4.09. The molecule has 0 saturated carbocycles. The van der Waals surface area contributed by atoms with Gasteiger partial charge < -0.3 is 9.84 Å². The summed E-state index contributed by atoms with van der Waals surface area (Å²) in [4.78, 5) is 0. The van der Waals surface area contributed by atoms with Gasteiger partial charge in [-0.1, -0.05) is 51.7 Å². The van der Waals surface area contributed by atoms with Crippen molar-refractivity contribution in [2.75, 3.05) is 11.9 Å². The van der Waals surface area contributed by atoms with Crippen LogP contribution < -0.4 is 5.32 Å². The maximum absolute atomic E-state index is 6.09. The van der Waals surface area contributed by atoms with Crippen LogP contribution in [0.4, 0.5) is 5.69 Å². The summed E-state index contributed by atoms with van der Waals surface area (Å²) >= 11 is 9.54. The second-order valence-corrected chi connectivity index (χ2v) is 7.50. The van der Waals surface area contributed by atoms with Crippen molar-refractivity contribution in [3.05, 3.63) is 69.3 Å². The molecule has 1 aromatic heterocycles. The molecular formula is C20H20BrClN2O. The molecular weight excluding hydrogens is 400 g/mol. The van der Waals surface area contributed by atoms with Crippen LogP contribution >= 0.6 is 27.5 Å². The number of halogens is 2. The van der Waals surface area contributed by atoms with Gasteiger partial charge in [-0.3, -0.25) is 0 Å². The Hall–Kier alpha value is -1.78. The highest BCUT2D eigenvalue weighted by Crippen LogP contribution is 2.32. The number of rotatable bonds is 6. The first kappa shape index (κ1) is 18.0. The second kappa shape index (κ2) is 8.07. The molecule has 0 aliphatic heterocycles. The molecule has 0 spiro atoms. The molecule has 0 amide bonds. The van der Waals surface area contributed by atoms with Gasteiger partial charge in [0.2, 0.25) is 0 Å². The molecule has 0 aliphatic rings. The van der Waals surface area contributed by atoms with Crippen molar-refractivity contribution in [1.29, 1.82) is 0 Å². The molecule has 3 rings (SSSR count). The van der Waals surface area contributed by atoms with Crippen LogP contribution in [0.2, 0.25) is 5.02 Å². The molecule has 1 heterocycles. The van der Waals surface area contributed by atoms with Gasteiger partial charge in [0.05, 0.1) is 0 Å². The largest absolute Gasteiger partial charge is 0.380 e. The quantitative estimate of drug-likeness (QED) is 0.485. The van der Waals surface area contributed by atoms with Crippen molar-refractivity contribution in [2.45, 2.75) is 26.2 Å². The molecule has 25 heavy (non-hydrogen) atoms. The van der Waals surface area contributed by atoms with E-state index in [4.69, 9.17) is 16.1 Å². The zero-order valence-electron chi connectivity index (χ0n) is 14.2. The lowest BCUT2D eigenvalue weighted by Crippen LogP contribution is -2.07. The number of aromatic nitrogens is 1. The molecule has 1 unspecified atom stereocenters. The van der Waals surface area contributed by atoms with Crippen molar-refractivity contribution >= 4 is 33.2 Å². The smallest absolute Gasteiger partial charge is 0.190 e. The summed E-state index contributed by atoms with van der Waals surface area (Å²) in [7, 11) is 0. The highest BCUT2D eigenvalue weighted by atomic mass is 79.9. The molecule has 0 aliphatic carbocycles. The average Bonchev–Trinajstić information content (AvgIpc) is 2.96. The fraction of sp³-hybridized carbons (Fsp3) is 0.250. The Morgan fingerprint density at radius 1 is 1.20 bits per heavy atom. The SMILES string of the molecule is Cc1noc(-c2ccc(Br)cc2)c1NCCC(C)c1cccc(Cl)c1. The van der Waals surface area contributed by atoms with Crippen LogP contribution in [0.25, 0.3) is 11.3 Å². The monoisotopic (exact) mass is 418 g/mol. The summed E-state index contributed by atoms with van der Waals surface area (Å²) in [5.74, 6) is 1.20. The number of nitrogens with zero attached hydrogens (tertiary/aromatic N) is 1. The third kappa shape index (κ3) is 4.44. The standard InChI is InChI=1S/C20H20BrClN2O/c1-13(16-4-3-5-18(22)12-16)10-11-23-19-14(2)24-25-20(19)15-6-8-17(21)9-7-15/h3-9,12-13,23H,10-11H2,1-2H3. The van der Waals surface area contributed by atoms with Gasteiger partial charge in [0.25, 0.3) is 0 Å². The normalized spacial score (nSPS) is 12.2. The highest BCUT2D eigenvalue weighted by Gasteiger charge is 2.15. The van der Waals surface area contributed by atoms with E-state index in [1.54, 1.807) is 0 Å². The van der Waals surface area contributed by atoms with Crippen molar-refractivity contribution in [3.8, 4) is 11.3 Å². The van der Waals surface area contributed by atoms with Crippen molar-refractivity contribution in [1.82, 2.24) is 5.16 Å². The third-order valence-corrected chi connectivity index (χ3v) is 5.03. The topological polar surface area (TPSA) is 38.1 Å². The maximum Gasteiger partial charge on any atom is 0.190 e. The van der Waals surface area contributed by atoms with Crippen LogP contribution in [-0.4, -0.2) is 11.7 Å². The van der Waals surface area contributed by atoms with Gasteiger partial charge in [0.15, 0.2) is 5.76 Å². The van der Waals surface area contributed by atoms with Crippen molar-refractivity contribution in [3.63, 3.8) is 0 Å². The van der Waals surface area contributed by atoms with Crippen LogP contribution in [-0.2, 0) is 0 Å². The third-order valence-electron chi connectivity index (χ3n) is 4.27. The molecule has 0 bridgehead atoms. The Morgan fingerprint density at radius 3 is 2.68 bits per heavy atom. The van der Waals surface area contributed by atoms with E-state index in [0.29, 0.717) is 5.92 Å². The van der Waals surface area contributed by atoms with E-state index in [2.05, 4.69) is 39.4 Å². The summed E-state index contributed by atoms with van der Waals surface area (Å²) in [6, 6.07) is 16.1. The Morgan fingerprint density at radius 2 is 1.96 bits per heavy atom. The zero-order valence-corrected chi connectivity index (χ0v) is 16.6. The minimum Gasteiger partial charge on any atom is -0.380 e. The van der Waals surface area contributed by atoms with Crippen LogP contribution in [0.1, 0.15) is 30.5 Å². The molecule has 0 saturated heterocycles. The molecule has 0 radical (unpaired) electrons. The van der Waals surface area contributed by atoms with E-state index in [1.807, 2.05) is 49.4 Å². The molecule has 1 atom stereocenters. The molecule has 5 heteroatoms. The summed E-state index contributed by atoms with van der Waals surface area (Å²) < 4.78 is 6.57. The van der Waals surface area contributed by atoms with Gasteiger partial charge >= 0.3 is 0 Å². The molecule has 3 aromatic rings. The first-order valence-corrected chi connectivity index (χ1v) is 9.43. The number of anilines is 1. The first-order chi connectivity index (χ1) is 12.0. The molecule has 3 nitrogen and oxygen atoms in total. The summed E-state index contributed by atoms with van der Waals surface area (Å²) in [6.07, 6.45) is 0.991. The minimum atomic E-state index is 0.419. The number of aryl methyl sites for hydroxylation is 1. The van der Waals surface area contributed by atoms with E-state index < -0.39 is 0 Å². The number of hydrogen-bond acceptors (Lipinski definition) is 3. The van der Waals surface area contributed by atoms with Crippen LogP contribution in [0, 0.1) is 6.92 Å². The van der Waals surface area contributed by atoms with Gasteiger partial charge in [-0.15, -0.1) is 0 Å². The molecule has 130 valence electrons. The molecule has 1 N–H and O–H groups in total. The Labute approximate surface area is 161 Å². The van der Waals surface area contributed by atoms with Crippen LogP contribution in [0.15, 0.2) is 57.5 Å². The fourth-order valence-corrected chi connectivity index (χ4v) is 3.23. The maximum atomic E-state index is 6.09.